The van der Waals surface area contributed by atoms with Crippen LogP contribution < -0.4 is 5.32 Å². The topological polar surface area (TPSA) is 82.5 Å². The Labute approximate surface area is 113 Å². The number of sulfonamides is 1. The predicted molar refractivity (Wildman–Crippen MR) is 72.4 cm³/mol. The summed E-state index contributed by atoms with van der Waals surface area (Å²) in [7, 11) is -3.65. The van der Waals surface area contributed by atoms with E-state index >= 15 is 0 Å². The Hall–Kier alpha value is -1.18. The standard InChI is InChI=1S/C12H19N3O3S/c1-2-13-11-6-3-7-14-12(11)19(17,18)15-8-4-5-10(15)9-16/h3,6-7,10,13,16H,2,4-5,8-9H2,1H3. The number of pyridine rings is 1. The van der Waals surface area contributed by atoms with E-state index in [1.807, 2.05) is 6.92 Å². The molecule has 1 saturated heterocycles. The summed E-state index contributed by atoms with van der Waals surface area (Å²) >= 11 is 0. The van der Waals surface area contributed by atoms with E-state index in [0.717, 1.165) is 6.42 Å². The molecule has 2 heterocycles. The second-order valence-electron chi connectivity index (χ2n) is 4.48. The molecule has 0 spiro atoms. The summed E-state index contributed by atoms with van der Waals surface area (Å²) in [5.74, 6) is 0. The number of nitrogens with one attached hydrogen (secondary N) is 1. The molecule has 0 radical (unpaired) electrons. The fourth-order valence-electron chi connectivity index (χ4n) is 2.34. The molecule has 2 N–H and O–H groups in total. The summed E-state index contributed by atoms with van der Waals surface area (Å²) in [6.45, 7) is 2.81. The van der Waals surface area contributed by atoms with E-state index in [2.05, 4.69) is 10.3 Å². The highest BCUT2D eigenvalue weighted by Crippen LogP contribution is 2.28. The van der Waals surface area contributed by atoms with Crippen molar-refractivity contribution in [3.05, 3.63) is 18.3 Å². The molecule has 0 amide bonds. The molecular formula is C12H19N3O3S. The average Bonchev–Trinajstić information content (AvgIpc) is 2.88. The summed E-state index contributed by atoms with van der Waals surface area (Å²) in [6.07, 6.45) is 2.94. The van der Waals surface area contributed by atoms with Crippen molar-refractivity contribution in [3.8, 4) is 0 Å². The number of hydrogen-bond acceptors (Lipinski definition) is 5. The maximum atomic E-state index is 12.6. The quantitative estimate of drug-likeness (QED) is 0.830. The highest BCUT2D eigenvalue weighted by Gasteiger charge is 2.36. The number of aliphatic hydroxyl groups is 1. The lowest BCUT2D eigenvalue weighted by Crippen LogP contribution is -2.38. The lowest BCUT2D eigenvalue weighted by molar-refractivity contribution is 0.213. The molecule has 0 aliphatic carbocycles. The van der Waals surface area contributed by atoms with Gasteiger partial charge in [-0.1, -0.05) is 0 Å². The number of hydrogen-bond donors (Lipinski definition) is 2. The third kappa shape index (κ3) is 2.72. The Bertz CT molecular complexity index is 533. The summed E-state index contributed by atoms with van der Waals surface area (Å²) in [5.41, 5.74) is 0.508. The van der Waals surface area contributed by atoms with Gasteiger partial charge in [0.25, 0.3) is 10.0 Å². The fraction of sp³-hybridized carbons (Fsp3) is 0.583. The first-order chi connectivity index (χ1) is 9.11. The molecule has 2 rings (SSSR count). The lowest BCUT2D eigenvalue weighted by Gasteiger charge is -2.23. The average molecular weight is 285 g/mol. The van der Waals surface area contributed by atoms with Gasteiger partial charge >= 0.3 is 0 Å². The van der Waals surface area contributed by atoms with Crippen molar-refractivity contribution in [2.24, 2.45) is 0 Å². The van der Waals surface area contributed by atoms with Crippen molar-refractivity contribution < 1.29 is 13.5 Å². The van der Waals surface area contributed by atoms with Crippen LogP contribution in [0.1, 0.15) is 19.8 Å². The van der Waals surface area contributed by atoms with Gasteiger partial charge in [0, 0.05) is 25.3 Å². The molecule has 0 bridgehead atoms. The Morgan fingerprint density at radius 3 is 3.05 bits per heavy atom. The van der Waals surface area contributed by atoms with Gasteiger partial charge in [-0.15, -0.1) is 0 Å². The van der Waals surface area contributed by atoms with Gasteiger partial charge in [0.2, 0.25) is 0 Å². The highest BCUT2D eigenvalue weighted by atomic mass is 32.2. The molecule has 0 saturated carbocycles. The second kappa shape index (κ2) is 5.85. The third-order valence-electron chi connectivity index (χ3n) is 3.23. The molecule has 1 aliphatic heterocycles. The predicted octanol–water partition coefficient (Wildman–Crippen LogP) is 0.659. The highest BCUT2D eigenvalue weighted by molar-refractivity contribution is 7.89. The van der Waals surface area contributed by atoms with E-state index in [-0.39, 0.29) is 17.7 Å². The van der Waals surface area contributed by atoms with Gasteiger partial charge in [-0.05, 0) is 31.9 Å². The third-order valence-corrected chi connectivity index (χ3v) is 5.14. The second-order valence-corrected chi connectivity index (χ2v) is 6.29. The minimum Gasteiger partial charge on any atom is -0.395 e. The van der Waals surface area contributed by atoms with E-state index in [9.17, 15) is 13.5 Å². The molecule has 19 heavy (non-hydrogen) atoms. The first kappa shape index (κ1) is 14.2. The maximum absolute atomic E-state index is 12.6. The van der Waals surface area contributed by atoms with Crippen molar-refractivity contribution >= 4 is 15.7 Å². The van der Waals surface area contributed by atoms with E-state index in [1.165, 1.54) is 10.5 Å². The van der Waals surface area contributed by atoms with E-state index in [0.29, 0.717) is 25.2 Å². The van der Waals surface area contributed by atoms with Gasteiger partial charge in [-0.25, -0.2) is 13.4 Å². The van der Waals surface area contributed by atoms with E-state index in [4.69, 9.17) is 0 Å². The number of aliphatic hydroxyl groups excluding tert-OH is 1. The molecule has 6 nitrogen and oxygen atoms in total. The molecule has 1 atom stereocenters. The first-order valence-corrected chi connectivity index (χ1v) is 7.87. The van der Waals surface area contributed by atoms with Crippen LogP contribution in [-0.4, -0.2) is 48.6 Å². The molecular weight excluding hydrogens is 266 g/mol. The zero-order chi connectivity index (χ0) is 13.9. The minimum atomic E-state index is -3.65. The summed E-state index contributed by atoms with van der Waals surface area (Å²) in [4.78, 5) is 4.01. The monoisotopic (exact) mass is 285 g/mol. The van der Waals surface area contributed by atoms with Crippen molar-refractivity contribution in [2.75, 3.05) is 25.0 Å². The van der Waals surface area contributed by atoms with Crippen molar-refractivity contribution in [2.45, 2.75) is 30.8 Å². The number of aromatic nitrogens is 1. The number of nitrogens with zero attached hydrogens (tertiary/aromatic N) is 2. The molecule has 0 aromatic carbocycles. The summed E-state index contributed by atoms with van der Waals surface area (Å²) < 4.78 is 26.6. The van der Waals surface area contributed by atoms with Crippen LogP contribution in [0.5, 0.6) is 0 Å². The van der Waals surface area contributed by atoms with Crippen LogP contribution >= 0.6 is 0 Å². The van der Waals surface area contributed by atoms with E-state index in [1.54, 1.807) is 12.1 Å². The van der Waals surface area contributed by atoms with E-state index < -0.39 is 10.0 Å². The minimum absolute atomic E-state index is 0.0391. The molecule has 106 valence electrons. The van der Waals surface area contributed by atoms with Crippen molar-refractivity contribution in [3.63, 3.8) is 0 Å². The summed E-state index contributed by atoms with van der Waals surface area (Å²) in [6, 6.07) is 3.07. The van der Waals surface area contributed by atoms with Crippen LogP contribution in [0.3, 0.4) is 0 Å². The van der Waals surface area contributed by atoms with Crippen LogP contribution in [0.2, 0.25) is 0 Å². The Kier molecular flexibility index (Phi) is 4.38. The molecule has 1 aliphatic rings. The fourth-order valence-corrected chi connectivity index (χ4v) is 4.11. The molecule has 1 aromatic rings. The van der Waals surface area contributed by atoms with Gasteiger partial charge < -0.3 is 10.4 Å². The largest absolute Gasteiger partial charge is 0.395 e. The smallest absolute Gasteiger partial charge is 0.262 e. The van der Waals surface area contributed by atoms with Crippen LogP contribution in [0.4, 0.5) is 5.69 Å². The van der Waals surface area contributed by atoms with Crippen LogP contribution in [0.15, 0.2) is 23.4 Å². The van der Waals surface area contributed by atoms with Crippen LogP contribution in [0.25, 0.3) is 0 Å². The van der Waals surface area contributed by atoms with Gasteiger partial charge in [0.1, 0.15) is 0 Å². The molecule has 1 unspecified atom stereocenters. The zero-order valence-electron chi connectivity index (χ0n) is 10.9. The lowest BCUT2D eigenvalue weighted by atomic mass is 10.2. The van der Waals surface area contributed by atoms with Gasteiger partial charge in [-0.3, -0.25) is 0 Å². The zero-order valence-corrected chi connectivity index (χ0v) is 11.7. The van der Waals surface area contributed by atoms with Gasteiger partial charge in [-0.2, -0.15) is 4.31 Å². The van der Waals surface area contributed by atoms with Gasteiger partial charge in [0.05, 0.1) is 12.3 Å². The Morgan fingerprint density at radius 2 is 2.37 bits per heavy atom. The van der Waals surface area contributed by atoms with Crippen molar-refractivity contribution in [1.82, 2.24) is 9.29 Å². The first-order valence-electron chi connectivity index (χ1n) is 6.42. The Morgan fingerprint density at radius 1 is 1.58 bits per heavy atom. The molecule has 1 fully saturated rings. The number of rotatable bonds is 5. The van der Waals surface area contributed by atoms with Crippen LogP contribution in [0, 0.1) is 0 Å². The van der Waals surface area contributed by atoms with Crippen LogP contribution in [-0.2, 0) is 10.0 Å². The maximum Gasteiger partial charge on any atom is 0.262 e. The normalized spacial score (nSPS) is 20.6. The molecule has 1 aromatic heterocycles. The SMILES string of the molecule is CCNc1cccnc1S(=O)(=O)N1CCCC1CO. The Balaban J connectivity index is 2.39. The number of anilines is 1. The van der Waals surface area contributed by atoms with Gasteiger partial charge in [0.15, 0.2) is 5.03 Å². The van der Waals surface area contributed by atoms with Crippen molar-refractivity contribution in [1.29, 1.82) is 0 Å². The summed E-state index contributed by atoms with van der Waals surface area (Å²) in [5, 5.41) is 12.3. The molecule has 7 heteroatoms.